The summed E-state index contributed by atoms with van der Waals surface area (Å²) in [6.07, 6.45) is 3.74. The van der Waals surface area contributed by atoms with Crippen LogP contribution in [0.15, 0.2) is 18.2 Å². The monoisotopic (exact) mass is 251 g/mol. The lowest BCUT2D eigenvalue weighted by molar-refractivity contribution is -0.00751. The Morgan fingerprint density at radius 1 is 1.22 bits per heavy atom. The van der Waals surface area contributed by atoms with E-state index in [9.17, 15) is 4.39 Å². The number of hydrogen-bond acceptors (Lipinski definition) is 2. The third kappa shape index (κ3) is 3.45. The summed E-state index contributed by atoms with van der Waals surface area (Å²) >= 11 is 0. The minimum atomic E-state index is -0.292. The molecule has 0 spiro atoms. The van der Waals surface area contributed by atoms with E-state index in [2.05, 4.69) is 13.8 Å². The number of ether oxygens (including phenoxy) is 1. The fourth-order valence-electron chi connectivity index (χ4n) is 2.62. The molecule has 100 valence electrons. The molecule has 3 atom stereocenters. The number of rotatable bonds is 3. The van der Waals surface area contributed by atoms with Gasteiger partial charge in [0, 0.05) is 5.69 Å². The smallest absolute Gasteiger partial charge is 0.125 e. The Morgan fingerprint density at radius 3 is 2.67 bits per heavy atom. The minimum Gasteiger partial charge on any atom is -0.399 e. The van der Waals surface area contributed by atoms with E-state index < -0.39 is 0 Å². The van der Waals surface area contributed by atoms with Crippen LogP contribution in [0.25, 0.3) is 0 Å². The van der Waals surface area contributed by atoms with Gasteiger partial charge in [0.1, 0.15) is 5.82 Å². The molecule has 0 bridgehead atoms. The van der Waals surface area contributed by atoms with Gasteiger partial charge in [-0.05, 0) is 54.9 Å². The molecule has 3 unspecified atom stereocenters. The molecule has 0 radical (unpaired) electrons. The van der Waals surface area contributed by atoms with Crippen LogP contribution in [0.3, 0.4) is 0 Å². The Bertz CT molecular complexity index is 387. The summed E-state index contributed by atoms with van der Waals surface area (Å²) in [5.74, 6) is 1.20. The Morgan fingerprint density at radius 2 is 2.00 bits per heavy atom. The van der Waals surface area contributed by atoms with E-state index in [0.29, 0.717) is 24.3 Å². The molecule has 0 heterocycles. The molecule has 1 saturated carbocycles. The first-order chi connectivity index (χ1) is 8.54. The molecule has 1 aromatic rings. The standard InChI is InChI=1S/C15H22FNO/c1-10-3-4-15(5-11(10)2)18-9-12-6-13(16)8-14(17)7-12/h6-8,10-11,15H,3-5,9,17H2,1-2H3. The number of hydrogen-bond donors (Lipinski definition) is 1. The highest BCUT2D eigenvalue weighted by molar-refractivity contribution is 5.41. The average Bonchev–Trinajstić information content (AvgIpc) is 2.29. The van der Waals surface area contributed by atoms with E-state index in [4.69, 9.17) is 10.5 Å². The van der Waals surface area contributed by atoms with Gasteiger partial charge in [0.2, 0.25) is 0 Å². The van der Waals surface area contributed by atoms with Gasteiger partial charge in [0.05, 0.1) is 12.7 Å². The van der Waals surface area contributed by atoms with Gasteiger partial charge in [-0.2, -0.15) is 0 Å². The number of nitrogen functional groups attached to an aromatic ring is 1. The van der Waals surface area contributed by atoms with Gasteiger partial charge >= 0.3 is 0 Å². The van der Waals surface area contributed by atoms with E-state index >= 15 is 0 Å². The van der Waals surface area contributed by atoms with Crippen LogP contribution in [0.1, 0.15) is 38.7 Å². The zero-order chi connectivity index (χ0) is 13.1. The SMILES string of the molecule is CC1CCC(OCc2cc(N)cc(F)c2)CC1C. The van der Waals surface area contributed by atoms with Gasteiger partial charge < -0.3 is 10.5 Å². The lowest BCUT2D eigenvalue weighted by atomic mass is 9.80. The van der Waals surface area contributed by atoms with Crippen LogP contribution >= 0.6 is 0 Å². The van der Waals surface area contributed by atoms with Crippen LogP contribution in [-0.4, -0.2) is 6.10 Å². The number of halogens is 1. The topological polar surface area (TPSA) is 35.2 Å². The first kappa shape index (κ1) is 13.3. The zero-order valence-corrected chi connectivity index (χ0v) is 11.2. The molecule has 0 aromatic heterocycles. The summed E-state index contributed by atoms with van der Waals surface area (Å²) in [5, 5.41) is 0. The summed E-state index contributed by atoms with van der Waals surface area (Å²) in [6.45, 7) is 5.03. The number of nitrogens with two attached hydrogens (primary N) is 1. The maximum atomic E-state index is 13.2. The second-order valence-electron chi connectivity index (χ2n) is 5.59. The zero-order valence-electron chi connectivity index (χ0n) is 11.2. The molecule has 18 heavy (non-hydrogen) atoms. The van der Waals surface area contributed by atoms with Crippen LogP contribution in [0.4, 0.5) is 10.1 Å². The van der Waals surface area contributed by atoms with Gasteiger partial charge in [-0.15, -0.1) is 0 Å². The van der Waals surface area contributed by atoms with Crippen LogP contribution < -0.4 is 5.73 Å². The summed E-state index contributed by atoms with van der Waals surface area (Å²) in [7, 11) is 0. The summed E-state index contributed by atoms with van der Waals surface area (Å²) in [4.78, 5) is 0. The van der Waals surface area contributed by atoms with Crippen molar-refractivity contribution in [2.45, 2.75) is 45.8 Å². The largest absolute Gasteiger partial charge is 0.399 e. The van der Waals surface area contributed by atoms with Crippen molar-refractivity contribution in [3.63, 3.8) is 0 Å². The highest BCUT2D eigenvalue weighted by Gasteiger charge is 2.24. The Kier molecular flexibility index (Phi) is 4.23. The molecular formula is C15H22FNO. The highest BCUT2D eigenvalue weighted by Crippen LogP contribution is 2.31. The van der Waals surface area contributed by atoms with Crippen molar-refractivity contribution >= 4 is 5.69 Å². The second-order valence-corrected chi connectivity index (χ2v) is 5.59. The van der Waals surface area contributed by atoms with E-state index in [1.807, 2.05) is 0 Å². The number of anilines is 1. The van der Waals surface area contributed by atoms with E-state index in [-0.39, 0.29) is 5.82 Å². The van der Waals surface area contributed by atoms with E-state index in [1.54, 1.807) is 6.07 Å². The van der Waals surface area contributed by atoms with Crippen molar-refractivity contribution < 1.29 is 9.13 Å². The minimum absolute atomic E-state index is 0.292. The van der Waals surface area contributed by atoms with Gasteiger partial charge in [-0.25, -0.2) is 4.39 Å². The van der Waals surface area contributed by atoms with Crippen molar-refractivity contribution in [3.8, 4) is 0 Å². The lowest BCUT2D eigenvalue weighted by Crippen LogP contribution is -2.26. The summed E-state index contributed by atoms with van der Waals surface area (Å²) < 4.78 is 19.0. The van der Waals surface area contributed by atoms with Crippen LogP contribution in [0.5, 0.6) is 0 Å². The maximum absolute atomic E-state index is 13.2. The molecular weight excluding hydrogens is 229 g/mol. The van der Waals surface area contributed by atoms with E-state index in [1.165, 1.54) is 18.6 Å². The summed E-state index contributed by atoms with van der Waals surface area (Å²) in [6, 6.07) is 4.59. The van der Waals surface area contributed by atoms with Crippen molar-refractivity contribution in [2.24, 2.45) is 11.8 Å². The first-order valence-electron chi connectivity index (χ1n) is 6.71. The average molecular weight is 251 g/mol. The second kappa shape index (κ2) is 5.70. The molecule has 3 heteroatoms. The van der Waals surface area contributed by atoms with Crippen LogP contribution in [0, 0.1) is 17.7 Å². The van der Waals surface area contributed by atoms with Crippen molar-refractivity contribution in [3.05, 3.63) is 29.6 Å². The summed E-state index contributed by atoms with van der Waals surface area (Å²) in [5.41, 5.74) is 6.89. The third-order valence-corrected chi connectivity index (χ3v) is 4.02. The predicted octanol–water partition coefficient (Wildman–Crippen LogP) is 3.75. The molecule has 2 rings (SSSR count). The van der Waals surface area contributed by atoms with Crippen LogP contribution in [0.2, 0.25) is 0 Å². The lowest BCUT2D eigenvalue weighted by Gasteiger charge is -2.32. The Balaban J connectivity index is 1.88. The maximum Gasteiger partial charge on any atom is 0.125 e. The molecule has 2 nitrogen and oxygen atoms in total. The fourth-order valence-corrected chi connectivity index (χ4v) is 2.62. The third-order valence-electron chi connectivity index (χ3n) is 4.02. The van der Waals surface area contributed by atoms with Crippen LogP contribution in [-0.2, 0) is 11.3 Å². The van der Waals surface area contributed by atoms with Crippen molar-refractivity contribution in [2.75, 3.05) is 5.73 Å². The predicted molar refractivity (Wildman–Crippen MR) is 71.6 cm³/mol. The number of benzene rings is 1. The highest BCUT2D eigenvalue weighted by atomic mass is 19.1. The molecule has 2 N–H and O–H groups in total. The first-order valence-corrected chi connectivity index (χ1v) is 6.71. The Labute approximate surface area is 108 Å². The quantitative estimate of drug-likeness (QED) is 0.830. The molecule has 1 aliphatic carbocycles. The van der Waals surface area contributed by atoms with E-state index in [0.717, 1.165) is 24.3 Å². The van der Waals surface area contributed by atoms with Crippen molar-refractivity contribution in [1.29, 1.82) is 0 Å². The van der Waals surface area contributed by atoms with Gasteiger partial charge in [-0.1, -0.05) is 13.8 Å². The molecule has 0 aliphatic heterocycles. The van der Waals surface area contributed by atoms with Crippen molar-refractivity contribution in [1.82, 2.24) is 0 Å². The van der Waals surface area contributed by atoms with Gasteiger partial charge in [0.25, 0.3) is 0 Å². The molecule has 1 aliphatic rings. The Hall–Kier alpha value is -1.09. The molecule has 0 amide bonds. The molecule has 1 fully saturated rings. The van der Waals surface area contributed by atoms with Gasteiger partial charge in [-0.3, -0.25) is 0 Å². The normalized spacial score (nSPS) is 28.3. The molecule has 1 aromatic carbocycles. The fraction of sp³-hybridized carbons (Fsp3) is 0.600. The van der Waals surface area contributed by atoms with Gasteiger partial charge in [0.15, 0.2) is 0 Å². The molecule has 0 saturated heterocycles.